The van der Waals surface area contributed by atoms with E-state index in [9.17, 15) is 0 Å². The average Bonchev–Trinajstić information content (AvgIpc) is 2.74. The minimum Gasteiger partial charge on any atom is -0.377 e. The molecular formula is C15H23NO. The second-order valence-electron chi connectivity index (χ2n) is 5.12. The third-order valence-corrected chi connectivity index (χ3v) is 3.64. The molecule has 94 valence electrons. The molecule has 0 fully saturated rings. The molecule has 2 nitrogen and oxygen atoms in total. The number of fused-ring (bicyclic) bond motifs is 1. The van der Waals surface area contributed by atoms with E-state index in [1.54, 1.807) is 0 Å². The van der Waals surface area contributed by atoms with Crippen molar-refractivity contribution in [2.75, 3.05) is 13.7 Å². The minimum absolute atomic E-state index is 0.308. The van der Waals surface area contributed by atoms with Crippen molar-refractivity contribution in [2.24, 2.45) is 0 Å². The molecule has 0 bridgehead atoms. The SMILES string of the molecule is CNC(COC(C)C)C1CCc2ccccc21. The first-order chi connectivity index (χ1) is 8.22. The molecule has 1 aromatic rings. The summed E-state index contributed by atoms with van der Waals surface area (Å²) in [5, 5.41) is 3.42. The van der Waals surface area contributed by atoms with Crippen LogP contribution in [0.2, 0.25) is 0 Å². The van der Waals surface area contributed by atoms with Gasteiger partial charge in [0.15, 0.2) is 0 Å². The summed E-state index contributed by atoms with van der Waals surface area (Å²) in [6.07, 6.45) is 2.76. The highest BCUT2D eigenvalue weighted by Gasteiger charge is 2.28. The molecule has 0 aromatic heterocycles. The number of hydrogen-bond acceptors (Lipinski definition) is 2. The van der Waals surface area contributed by atoms with Gasteiger partial charge in [-0.05, 0) is 44.9 Å². The van der Waals surface area contributed by atoms with Gasteiger partial charge in [0.2, 0.25) is 0 Å². The fraction of sp³-hybridized carbons (Fsp3) is 0.600. The van der Waals surface area contributed by atoms with Gasteiger partial charge in [-0.1, -0.05) is 24.3 Å². The van der Waals surface area contributed by atoms with Crippen molar-refractivity contribution in [3.05, 3.63) is 35.4 Å². The summed E-state index contributed by atoms with van der Waals surface area (Å²) >= 11 is 0. The van der Waals surface area contributed by atoms with Crippen LogP contribution in [0.3, 0.4) is 0 Å². The Hall–Kier alpha value is -0.860. The van der Waals surface area contributed by atoms with Crippen LogP contribution in [0.15, 0.2) is 24.3 Å². The van der Waals surface area contributed by atoms with Crippen molar-refractivity contribution >= 4 is 0 Å². The zero-order chi connectivity index (χ0) is 12.3. The van der Waals surface area contributed by atoms with E-state index >= 15 is 0 Å². The highest BCUT2D eigenvalue weighted by atomic mass is 16.5. The topological polar surface area (TPSA) is 21.3 Å². The van der Waals surface area contributed by atoms with Gasteiger partial charge in [0.1, 0.15) is 0 Å². The summed E-state index contributed by atoms with van der Waals surface area (Å²) in [5.41, 5.74) is 3.03. The Kier molecular flexibility index (Phi) is 4.19. The predicted molar refractivity (Wildman–Crippen MR) is 71.4 cm³/mol. The first-order valence-corrected chi connectivity index (χ1v) is 6.59. The first kappa shape index (κ1) is 12.6. The van der Waals surface area contributed by atoms with Crippen LogP contribution < -0.4 is 5.32 Å². The quantitative estimate of drug-likeness (QED) is 0.844. The Labute approximate surface area is 104 Å². The van der Waals surface area contributed by atoms with Crippen LogP contribution in [0.1, 0.15) is 37.3 Å². The Bertz CT molecular complexity index is 362. The van der Waals surface area contributed by atoms with Gasteiger partial charge in [0.25, 0.3) is 0 Å². The molecule has 2 rings (SSSR count). The summed E-state index contributed by atoms with van der Waals surface area (Å²) in [5.74, 6) is 0.606. The van der Waals surface area contributed by atoms with Gasteiger partial charge in [-0.2, -0.15) is 0 Å². The van der Waals surface area contributed by atoms with Crippen LogP contribution in [-0.2, 0) is 11.2 Å². The molecule has 1 aliphatic rings. The van der Waals surface area contributed by atoms with Gasteiger partial charge < -0.3 is 10.1 Å². The predicted octanol–water partition coefficient (Wildman–Crippen LogP) is 2.73. The molecule has 0 saturated heterocycles. The van der Waals surface area contributed by atoms with Crippen molar-refractivity contribution in [1.29, 1.82) is 0 Å². The van der Waals surface area contributed by atoms with Crippen molar-refractivity contribution in [1.82, 2.24) is 5.32 Å². The number of rotatable bonds is 5. The Morgan fingerprint density at radius 3 is 2.82 bits per heavy atom. The van der Waals surface area contributed by atoms with Crippen molar-refractivity contribution in [3.8, 4) is 0 Å². The number of aryl methyl sites for hydroxylation is 1. The molecule has 2 heteroatoms. The number of ether oxygens (including phenoxy) is 1. The van der Waals surface area contributed by atoms with Gasteiger partial charge in [0, 0.05) is 12.0 Å². The monoisotopic (exact) mass is 233 g/mol. The maximum Gasteiger partial charge on any atom is 0.0628 e. The van der Waals surface area contributed by atoms with E-state index in [-0.39, 0.29) is 0 Å². The maximum absolute atomic E-state index is 5.76. The van der Waals surface area contributed by atoms with Crippen LogP contribution in [0.25, 0.3) is 0 Å². The molecule has 1 aliphatic carbocycles. The fourth-order valence-electron chi connectivity index (χ4n) is 2.70. The van der Waals surface area contributed by atoms with Crippen LogP contribution in [0.4, 0.5) is 0 Å². The summed E-state index contributed by atoms with van der Waals surface area (Å²) in [6.45, 7) is 4.98. The lowest BCUT2D eigenvalue weighted by Crippen LogP contribution is -2.36. The molecule has 0 saturated carbocycles. The molecule has 0 aliphatic heterocycles. The van der Waals surface area contributed by atoms with Gasteiger partial charge >= 0.3 is 0 Å². The highest BCUT2D eigenvalue weighted by molar-refractivity contribution is 5.36. The lowest BCUT2D eigenvalue weighted by Gasteiger charge is -2.25. The molecule has 1 N–H and O–H groups in total. The van der Waals surface area contributed by atoms with E-state index in [0.717, 1.165) is 6.61 Å². The maximum atomic E-state index is 5.76. The van der Waals surface area contributed by atoms with E-state index in [2.05, 4.69) is 43.4 Å². The summed E-state index contributed by atoms with van der Waals surface area (Å²) in [4.78, 5) is 0. The van der Waals surface area contributed by atoms with E-state index in [1.165, 1.54) is 24.0 Å². The zero-order valence-corrected chi connectivity index (χ0v) is 11.1. The normalized spacial score (nSPS) is 20.6. The second kappa shape index (κ2) is 5.65. The molecule has 0 radical (unpaired) electrons. The van der Waals surface area contributed by atoms with Crippen molar-refractivity contribution in [2.45, 2.75) is 44.8 Å². The summed E-state index contributed by atoms with van der Waals surface area (Å²) < 4.78 is 5.76. The van der Waals surface area contributed by atoms with Crippen molar-refractivity contribution < 1.29 is 4.74 Å². The summed E-state index contributed by atoms with van der Waals surface area (Å²) in [6, 6.07) is 9.24. The lowest BCUT2D eigenvalue weighted by atomic mass is 9.94. The third kappa shape index (κ3) is 2.88. The number of benzene rings is 1. The number of hydrogen-bond donors (Lipinski definition) is 1. The standard InChI is InChI=1S/C15H23NO/c1-11(2)17-10-15(16-3)14-9-8-12-6-4-5-7-13(12)14/h4-7,11,14-16H,8-10H2,1-3H3. The molecule has 0 amide bonds. The Morgan fingerprint density at radius 1 is 1.35 bits per heavy atom. The summed E-state index contributed by atoms with van der Waals surface area (Å²) in [7, 11) is 2.04. The van der Waals surface area contributed by atoms with Crippen LogP contribution >= 0.6 is 0 Å². The van der Waals surface area contributed by atoms with Crippen molar-refractivity contribution in [3.63, 3.8) is 0 Å². The second-order valence-corrected chi connectivity index (χ2v) is 5.12. The van der Waals surface area contributed by atoms with Gasteiger partial charge in [0.05, 0.1) is 12.7 Å². The molecule has 1 aromatic carbocycles. The van der Waals surface area contributed by atoms with Crippen LogP contribution in [0.5, 0.6) is 0 Å². The van der Waals surface area contributed by atoms with E-state index in [0.29, 0.717) is 18.1 Å². The third-order valence-electron chi connectivity index (χ3n) is 3.64. The minimum atomic E-state index is 0.308. The van der Waals surface area contributed by atoms with Gasteiger partial charge in [-0.3, -0.25) is 0 Å². The van der Waals surface area contributed by atoms with E-state index < -0.39 is 0 Å². The highest BCUT2D eigenvalue weighted by Crippen LogP contribution is 2.35. The molecule has 2 atom stereocenters. The average molecular weight is 233 g/mol. The van der Waals surface area contributed by atoms with Crippen LogP contribution in [-0.4, -0.2) is 25.8 Å². The number of likely N-dealkylation sites (N-methyl/N-ethyl adjacent to an activating group) is 1. The molecule has 0 spiro atoms. The van der Waals surface area contributed by atoms with E-state index in [4.69, 9.17) is 4.74 Å². The lowest BCUT2D eigenvalue weighted by molar-refractivity contribution is 0.0572. The molecular weight excluding hydrogens is 210 g/mol. The number of nitrogens with one attached hydrogen (secondary N) is 1. The van der Waals surface area contributed by atoms with Gasteiger partial charge in [-0.15, -0.1) is 0 Å². The Morgan fingerprint density at radius 2 is 2.12 bits per heavy atom. The Balaban J connectivity index is 2.06. The van der Waals surface area contributed by atoms with Gasteiger partial charge in [-0.25, -0.2) is 0 Å². The fourth-order valence-corrected chi connectivity index (χ4v) is 2.70. The largest absolute Gasteiger partial charge is 0.377 e. The molecule has 17 heavy (non-hydrogen) atoms. The smallest absolute Gasteiger partial charge is 0.0628 e. The molecule has 0 heterocycles. The zero-order valence-electron chi connectivity index (χ0n) is 11.1. The van der Waals surface area contributed by atoms with Crippen LogP contribution in [0, 0.1) is 0 Å². The first-order valence-electron chi connectivity index (χ1n) is 6.59. The molecule has 2 unspecified atom stereocenters. The van der Waals surface area contributed by atoms with E-state index in [1.807, 2.05) is 7.05 Å².